The molecular formula is C17H25N5O. The Morgan fingerprint density at radius 2 is 2.22 bits per heavy atom. The molecule has 0 radical (unpaired) electrons. The molecule has 0 spiro atoms. The number of hydrogen-bond acceptors (Lipinski definition) is 3. The molecule has 6 nitrogen and oxygen atoms in total. The summed E-state index contributed by atoms with van der Waals surface area (Å²) in [7, 11) is 0. The highest BCUT2D eigenvalue weighted by molar-refractivity contribution is 5.92. The number of fused-ring (bicyclic) bond motifs is 1. The van der Waals surface area contributed by atoms with Gasteiger partial charge in [-0.25, -0.2) is 4.98 Å². The zero-order valence-corrected chi connectivity index (χ0v) is 13.9. The molecule has 23 heavy (non-hydrogen) atoms. The molecule has 0 saturated carbocycles. The Kier molecular flexibility index (Phi) is 4.81. The second kappa shape index (κ2) is 7.00. The van der Waals surface area contributed by atoms with Crippen molar-refractivity contribution in [1.82, 2.24) is 24.3 Å². The van der Waals surface area contributed by atoms with Crippen LogP contribution in [0, 0.1) is 5.92 Å². The van der Waals surface area contributed by atoms with Crippen LogP contribution in [0.3, 0.4) is 0 Å². The Hall–Kier alpha value is -2.08. The Morgan fingerprint density at radius 1 is 1.39 bits per heavy atom. The molecule has 1 amide bonds. The molecule has 124 valence electrons. The van der Waals surface area contributed by atoms with Gasteiger partial charge in [0, 0.05) is 44.1 Å². The minimum absolute atomic E-state index is 0.0518. The van der Waals surface area contributed by atoms with Gasteiger partial charge in [-0.15, -0.1) is 0 Å². The third-order valence-electron chi connectivity index (χ3n) is 4.59. The van der Waals surface area contributed by atoms with Crippen LogP contribution < -0.4 is 0 Å². The quantitative estimate of drug-likeness (QED) is 0.916. The number of nitrogens with zero attached hydrogens (tertiary/aromatic N) is 4. The number of hydrogen-bond donors (Lipinski definition) is 1. The van der Waals surface area contributed by atoms with Gasteiger partial charge in [0.1, 0.15) is 11.5 Å². The van der Waals surface area contributed by atoms with Crippen molar-refractivity contribution in [2.24, 2.45) is 5.92 Å². The summed E-state index contributed by atoms with van der Waals surface area (Å²) in [5, 5.41) is 0. The maximum atomic E-state index is 12.8. The monoisotopic (exact) mass is 315 g/mol. The number of rotatable bonds is 5. The van der Waals surface area contributed by atoms with Crippen molar-refractivity contribution in [3.63, 3.8) is 0 Å². The summed E-state index contributed by atoms with van der Waals surface area (Å²) >= 11 is 0. The lowest BCUT2D eigenvalue weighted by molar-refractivity contribution is 0.0699. The van der Waals surface area contributed by atoms with E-state index in [0.717, 1.165) is 38.5 Å². The molecule has 3 heterocycles. The molecule has 0 aromatic carbocycles. The number of aromatic nitrogens is 3. The smallest absolute Gasteiger partial charge is 0.270 e. The number of nitrogens with one attached hydrogen (secondary N) is 1. The van der Waals surface area contributed by atoms with Crippen molar-refractivity contribution in [3.8, 4) is 0 Å². The largest absolute Gasteiger partial charge is 0.357 e. The number of aromatic amines is 1. The molecule has 0 bridgehead atoms. The minimum atomic E-state index is 0.0518. The van der Waals surface area contributed by atoms with E-state index in [1.54, 1.807) is 6.20 Å². The van der Waals surface area contributed by atoms with E-state index >= 15 is 0 Å². The summed E-state index contributed by atoms with van der Waals surface area (Å²) in [6.07, 6.45) is 5.64. The van der Waals surface area contributed by atoms with E-state index in [1.165, 1.54) is 0 Å². The lowest BCUT2D eigenvalue weighted by Crippen LogP contribution is -2.39. The first kappa shape index (κ1) is 15.8. The molecule has 3 rings (SSSR count). The molecule has 1 N–H and O–H groups in total. The number of carbonyl (C=O) groups excluding carboxylic acids is 1. The summed E-state index contributed by atoms with van der Waals surface area (Å²) in [6.45, 7) is 9.69. The van der Waals surface area contributed by atoms with Crippen LogP contribution >= 0.6 is 0 Å². The van der Waals surface area contributed by atoms with Crippen LogP contribution in [0.2, 0.25) is 0 Å². The Morgan fingerprint density at radius 3 is 2.91 bits per heavy atom. The van der Waals surface area contributed by atoms with Crippen molar-refractivity contribution in [1.29, 1.82) is 0 Å². The normalized spacial score (nSPS) is 18.0. The average molecular weight is 315 g/mol. The molecule has 0 fully saturated rings. The highest BCUT2D eigenvalue weighted by Gasteiger charge is 2.27. The van der Waals surface area contributed by atoms with E-state index in [-0.39, 0.29) is 5.91 Å². The fraction of sp³-hybridized carbons (Fsp3) is 0.529. The number of imidazole rings is 1. The average Bonchev–Trinajstić information content (AvgIpc) is 3.21. The first-order valence-corrected chi connectivity index (χ1v) is 8.36. The lowest BCUT2D eigenvalue weighted by Gasteiger charge is -2.28. The third kappa shape index (κ3) is 3.47. The van der Waals surface area contributed by atoms with Crippen LogP contribution in [-0.4, -0.2) is 56.4 Å². The highest BCUT2D eigenvalue weighted by atomic mass is 16.2. The van der Waals surface area contributed by atoms with Crippen LogP contribution in [0.1, 0.15) is 30.2 Å². The van der Waals surface area contributed by atoms with Gasteiger partial charge in [-0.3, -0.25) is 4.79 Å². The molecule has 1 aliphatic heterocycles. The predicted octanol–water partition coefficient (Wildman–Crippen LogP) is 1.83. The van der Waals surface area contributed by atoms with E-state index in [1.807, 2.05) is 29.4 Å². The fourth-order valence-electron chi connectivity index (χ4n) is 3.29. The number of carbonyl (C=O) groups is 1. The first-order chi connectivity index (χ1) is 11.2. The summed E-state index contributed by atoms with van der Waals surface area (Å²) in [6, 6.07) is 3.69. The van der Waals surface area contributed by atoms with Crippen LogP contribution in [0.15, 0.2) is 30.7 Å². The van der Waals surface area contributed by atoms with Gasteiger partial charge in [0.15, 0.2) is 0 Å². The lowest BCUT2D eigenvalue weighted by atomic mass is 10.1. The maximum Gasteiger partial charge on any atom is 0.270 e. The minimum Gasteiger partial charge on any atom is -0.357 e. The van der Waals surface area contributed by atoms with E-state index in [4.69, 9.17) is 0 Å². The molecule has 0 unspecified atom stereocenters. The summed E-state index contributed by atoms with van der Waals surface area (Å²) in [5.41, 5.74) is 0.645. The third-order valence-corrected chi connectivity index (χ3v) is 4.59. The molecule has 6 heteroatoms. The van der Waals surface area contributed by atoms with Crippen LogP contribution in [0.4, 0.5) is 0 Å². The second-order valence-corrected chi connectivity index (χ2v) is 6.12. The standard InChI is InChI=1S/C17H25N5O/c1-3-20(4-2)10-14-11-21-9-8-19-16(21)13-22(12-14)17(23)15-6-5-7-18-15/h5-9,14,18H,3-4,10-13H2,1-2H3/t14-/m1/s1. The highest BCUT2D eigenvalue weighted by Crippen LogP contribution is 2.18. The number of H-pyrrole nitrogens is 1. The van der Waals surface area contributed by atoms with Gasteiger partial charge in [-0.2, -0.15) is 0 Å². The van der Waals surface area contributed by atoms with E-state index in [0.29, 0.717) is 18.2 Å². The Labute approximate surface area is 137 Å². The summed E-state index contributed by atoms with van der Waals surface area (Å²) in [5.74, 6) is 1.42. The Bertz CT molecular complexity index is 629. The van der Waals surface area contributed by atoms with Gasteiger partial charge in [0.05, 0.1) is 6.54 Å². The molecular weight excluding hydrogens is 290 g/mol. The van der Waals surface area contributed by atoms with Gasteiger partial charge < -0.3 is 19.4 Å². The molecule has 1 atom stereocenters. The van der Waals surface area contributed by atoms with E-state index in [9.17, 15) is 4.79 Å². The topological polar surface area (TPSA) is 57.2 Å². The zero-order valence-electron chi connectivity index (χ0n) is 13.9. The summed E-state index contributed by atoms with van der Waals surface area (Å²) < 4.78 is 2.19. The van der Waals surface area contributed by atoms with Crippen LogP contribution in [-0.2, 0) is 13.1 Å². The predicted molar refractivity (Wildman–Crippen MR) is 89.0 cm³/mol. The van der Waals surface area contributed by atoms with Gasteiger partial charge in [0.25, 0.3) is 5.91 Å². The van der Waals surface area contributed by atoms with Gasteiger partial charge in [-0.05, 0) is 25.2 Å². The van der Waals surface area contributed by atoms with Crippen molar-refractivity contribution in [2.45, 2.75) is 26.9 Å². The molecule has 0 aliphatic carbocycles. The molecule has 2 aromatic heterocycles. The zero-order chi connectivity index (χ0) is 16.2. The summed E-state index contributed by atoms with van der Waals surface area (Å²) in [4.78, 5) is 24.6. The first-order valence-electron chi connectivity index (χ1n) is 8.36. The van der Waals surface area contributed by atoms with Crippen LogP contribution in [0.5, 0.6) is 0 Å². The van der Waals surface area contributed by atoms with E-state index in [2.05, 4.69) is 33.3 Å². The van der Waals surface area contributed by atoms with Crippen LogP contribution in [0.25, 0.3) is 0 Å². The molecule has 0 saturated heterocycles. The van der Waals surface area contributed by atoms with Crippen molar-refractivity contribution in [2.75, 3.05) is 26.2 Å². The number of amides is 1. The van der Waals surface area contributed by atoms with Gasteiger partial charge in [0.2, 0.25) is 0 Å². The van der Waals surface area contributed by atoms with Crippen molar-refractivity contribution < 1.29 is 4.79 Å². The van der Waals surface area contributed by atoms with Gasteiger partial charge >= 0.3 is 0 Å². The molecule has 2 aromatic rings. The SMILES string of the molecule is CCN(CC)C[C@H]1CN(C(=O)c2ccc[nH]2)Cc2nccn2C1. The van der Waals surface area contributed by atoms with E-state index < -0.39 is 0 Å². The fourth-order valence-corrected chi connectivity index (χ4v) is 3.29. The Balaban J connectivity index is 1.81. The van der Waals surface area contributed by atoms with Gasteiger partial charge in [-0.1, -0.05) is 13.8 Å². The van der Waals surface area contributed by atoms with Crippen molar-refractivity contribution in [3.05, 3.63) is 42.2 Å². The molecule has 1 aliphatic rings. The second-order valence-electron chi connectivity index (χ2n) is 6.12. The van der Waals surface area contributed by atoms with Crippen molar-refractivity contribution >= 4 is 5.91 Å². The maximum absolute atomic E-state index is 12.8.